The van der Waals surface area contributed by atoms with Crippen molar-refractivity contribution in [2.75, 3.05) is 26.5 Å². The van der Waals surface area contributed by atoms with Gasteiger partial charge in [-0.15, -0.1) is 0 Å². The summed E-state index contributed by atoms with van der Waals surface area (Å²) in [5.41, 5.74) is 2.05. The molecule has 0 saturated carbocycles. The lowest BCUT2D eigenvalue weighted by Gasteiger charge is -2.19. The maximum atomic E-state index is 12.6. The Hall–Kier alpha value is -2.38. The minimum absolute atomic E-state index is 0.0218. The van der Waals surface area contributed by atoms with Crippen LogP contribution in [-0.4, -0.2) is 39.8 Å². The Labute approximate surface area is 161 Å². The average Bonchev–Trinajstić information content (AvgIpc) is 2.60. The number of sulfonamides is 1. The second-order valence-electron chi connectivity index (χ2n) is 7.43. The molecule has 0 heterocycles. The molecule has 0 aliphatic carbocycles. The van der Waals surface area contributed by atoms with Gasteiger partial charge in [0.1, 0.15) is 10.6 Å². The van der Waals surface area contributed by atoms with Crippen LogP contribution in [-0.2, 0) is 15.4 Å². The van der Waals surface area contributed by atoms with Crippen LogP contribution in [0, 0.1) is 0 Å². The van der Waals surface area contributed by atoms with Crippen LogP contribution in [0.3, 0.4) is 0 Å². The zero-order valence-corrected chi connectivity index (χ0v) is 17.3. The van der Waals surface area contributed by atoms with Crippen LogP contribution < -0.4 is 10.1 Å². The van der Waals surface area contributed by atoms with Crippen LogP contribution in [0.4, 0.5) is 5.69 Å². The molecule has 1 N–H and O–H groups in total. The van der Waals surface area contributed by atoms with Crippen LogP contribution in [0.1, 0.15) is 36.7 Å². The summed E-state index contributed by atoms with van der Waals surface area (Å²) >= 11 is 0. The molecule has 0 aliphatic rings. The topological polar surface area (TPSA) is 75.7 Å². The Morgan fingerprint density at radius 2 is 1.63 bits per heavy atom. The van der Waals surface area contributed by atoms with Crippen molar-refractivity contribution >= 4 is 21.6 Å². The van der Waals surface area contributed by atoms with Crippen LogP contribution in [0.5, 0.6) is 5.75 Å². The smallest absolute Gasteiger partial charge is 0.255 e. The first-order chi connectivity index (χ1) is 12.5. The zero-order valence-electron chi connectivity index (χ0n) is 16.5. The SMILES string of the molecule is COc1ccc(C(=O)Nc2ccc(C(C)(C)C)cc2)cc1S(=O)(=O)N(C)C. The molecule has 0 unspecified atom stereocenters. The first-order valence-electron chi connectivity index (χ1n) is 8.49. The molecule has 7 heteroatoms. The number of nitrogens with one attached hydrogen (secondary N) is 1. The lowest BCUT2D eigenvalue weighted by atomic mass is 9.87. The van der Waals surface area contributed by atoms with Gasteiger partial charge >= 0.3 is 0 Å². The van der Waals surface area contributed by atoms with E-state index < -0.39 is 15.9 Å². The van der Waals surface area contributed by atoms with Gasteiger partial charge in [0.25, 0.3) is 5.91 Å². The number of nitrogens with zero attached hydrogens (tertiary/aromatic N) is 1. The number of carbonyl (C=O) groups excluding carboxylic acids is 1. The lowest BCUT2D eigenvalue weighted by Crippen LogP contribution is -2.23. The van der Waals surface area contributed by atoms with Crippen molar-refractivity contribution in [3.05, 3.63) is 53.6 Å². The summed E-state index contributed by atoms with van der Waals surface area (Å²) in [6, 6.07) is 11.9. The number of carbonyl (C=O) groups is 1. The highest BCUT2D eigenvalue weighted by Crippen LogP contribution is 2.28. The third-order valence-electron chi connectivity index (χ3n) is 4.19. The molecule has 6 nitrogen and oxygen atoms in total. The summed E-state index contributed by atoms with van der Waals surface area (Å²) in [5, 5.41) is 2.79. The molecule has 27 heavy (non-hydrogen) atoms. The Morgan fingerprint density at radius 1 is 1.04 bits per heavy atom. The van der Waals surface area contributed by atoms with Gasteiger partial charge in [0, 0.05) is 25.3 Å². The fourth-order valence-electron chi connectivity index (χ4n) is 2.47. The van der Waals surface area contributed by atoms with E-state index in [9.17, 15) is 13.2 Å². The molecule has 0 atom stereocenters. The van der Waals surface area contributed by atoms with Gasteiger partial charge in [-0.05, 0) is 41.3 Å². The molecular formula is C20H26N2O4S. The summed E-state index contributed by atoms with van der Waals surface area (Å²) < 4.78 is 31.2. The fraction of sp³-hybridized carbons (Fsp3) is 0.350. The van der Waals surface area contributed by atoms with E-state index in [1.165, 1.54) is 39.4 Å². The standard InChI is InChI=1S/C20H26N2O4S/c1-20(2,3)15-8-10-16(11-9-15)21-19(23)14-7-12-17(26-6)18(13-14)27(24,25)22(4)5/h7-13H,1-6H3,(H,21,23). The fourth-order valence-corrected chi connectivity index (χ4v) is 3.55. The Kier molecular flexibility index (Phi) is 5.97. The molecule has 0 spiro atoms. The van der Waals surface area contributed by atoms with Gasteiger partial charge in [-0.1, -0.05) is 32.9 Å². The van der Waals surface area contributed by atoms with Crippen molar-refractivity contribution in [3.63, 3.8) is 0 Å². The first-order valence-corrected chi connectivity index (χ1v) is 9.93. The molecule has 2 aromatic carbocycles. The highest BCUT2D eigenvalue weighted by atomic mass is 32.2. The van der Waals surface area contributed by atoms with Crippen molar-refractivity contribution in [3.8, 4) is 5.75 Å². The van der Waals surface area contributed by atoms with E-state index in [0.29, 0.717) is 5.69 Å². The second kappa shape index (κ2) is 7.70. The average molecular weight is 391 g/mol. The Balaban J connectivity index is 2.32. The number of amides is 1. The molecule has 0 radical (unpaired) electrons. The Morgan fingerprint density at radius 3 is 2.11 bits per heavy atom. The van der Waals surface area contributed by atoms with Crippen LogP contribution in [0.2, 0.25) is 0 Å². The quantitative estimate of drug-likeness (QED) is 0.848. The van der Waals surface area contributed by atoms with Crippen LogP contribution in [0.15, 0.2) is 47.4 Å². The number of rotatable bonds is 5. The molecule has 0 bridgehead atoms. The number of ether oxygens (including phenoxy) is 1. The molecule has 2 rings (SSSR count). The van der Waals surface area contributed by atoms with E-state index in [1.807, 2.05) is 24.3 Å². The third-order valence-corrected chi connectivity index (χ3v) is 6.03. The lowest BCUT2D eigenvalue weighted by molar-refractivity contribution is 0.102. The highest BCUT2D eigenvalue weighted by Gasteiger charge is 2.24. The molecule has 2 aromatic rings. The van der Waals surface area contributed by atoms with E-state index >= 15 is 0 Å². The van der Waals surface area contributed by atoms with E-state index in [4.69, 9.17) is 4.74 Å². The normalized spacial score (nSPS) is 12.1. The Bertz CT molecular complexity index is 927. The van der Waals surface area contributed by atoms with Crippen LogP contribution >= 0.6 is 0 Å². The van der Waals surface area contributed by atoms with Gasteiger partial charge in [-0.2, -0.15) is 0 Å². The van der Waals surface area contributed by atoms with Crippen molar-refractivity contribution in [2.24, 2.45) is 0 Å². The van der Waals surface area contributed by atoms with E-state index in [-0.39, 0.29) is 21.6 Å². The number of anilines is 1. The minimum Gasteiger partial charge on any atom is -0.495 e. The number of hydrogen-bond acceptors (Lipinski definition) is 4. The highest BCUT2D eigenvalue weighted by molar-refractivity contribution is 7.89. The summed E-state index contributed by atoms with van der Waals surface area (Å²) in [5.74, 6) is -0.203. The van der Waals surface area contributed by atoms with Gasteiger partial charge in [-0.3, -0.25) is 4.79 Å². The number of methoxy groups -OCH3 is 1. The zero-order chi connectivity index (χ0) is 20.4. The van der Waals surface area contributed by atoms with Gasteiger partial charge in [0.2, 0.25) is 10.0 Å². The number of benzene rings is 2. The van der Waals surface area contributed by atoms with Gasteiger partial charge in [0.15, 0.2) is 0 Å². The summed E-state index contributed by atoms with van der Waals surface area (Å²) in [7, 11) is 0.505. The summed E-state index contributed by atoms with van der Waals surface area (Å²) in [4.78, 5) is 12.5. The summed E-state index contributed by atoms with van der Waals surface area (Å²) in [6.07, 6.45) is 0. The maximum absolute atomic E-state index is 12.6. The summed E-state index contributed by atoms with van der Waals surface area (Å²) in [6.45, 7) is 6.35. The molecule has 0 aliphatic heterocycles. The monoisotopic (exact) mass is 390 g/mol. The van der Waals surface area contributed by atoms with Crippen molar-refractivity contribution < 1.29 is 17.9 Å². The van der Waals surface area contributed by atoms with Crippen LogP contribution in [0.25, 0.3) is 0 Å². The number of hydrogen-bond donors (Lipinski definition) is 1. The van der Waals surface area contributed by atoms with E-state index in [1.54, 1.807) is 0 Å². The van der Waals surface area contributed by atoms with Gasteiger partial charge in [-0.25, -0.2) is 12.7 Å². The molecule has 1 amide bonds. The second-order valence-corrected chi connectivity index (χ2v) is 9.55. The largest absolute Gasteiger partial charge is 0.495 e. The van der Waals surface area contributed by atoms with E-state index in [2.05, 4.69) is 26.1 Å². The van der Waals surface area contributed by atoms with Gasteiger partial charge < -0.3 is 10.1 Å². The predicted octanol–water partition coefficient (Wildman–Crippen LogP) is 3.50. The molecular weight excluding hydrogens is 364 g/mol. The molecule has 0 fully saturated rings. The van der Waals surface area contributed by atoms with Crippen molar-refractivity contribution in [1.82, 2.24) is 4.31 Å². The molecule has 146 valence electrons. The third kappa shape index (κ3) is 4.67. The first kappa shape index (κ1) is 20.9. The minimum atomic E-state index is -3.74. The molecule has 0 saturated heterocycles. The van der Waals surface area contributed by atoms with Gasteiger partial charge in [0.05, 0.1) is 7.11 Å². The van der Waals surface area contributed by atoms with Crippen molar-refractivity contribution in [2.45, 2.75) is 31.1 Å². The van der Waals surface area contributed by atoms with E-state index in [0.717, 1.165) is 9.87 Å². The maximum Gasteiger partial charge on any atom is 0.255 e. The predicted molar refractivity (Wildman–Crippen MR) is 107 cm³/mol. The van der Waals surface area contributed by atoms with Crippen molar-refractivity contribution in [1.29, 1.82) is 0 Å². The molecule has 0 aromatic heterocycles.